The van der Waals surface area contributed by atoms with Gasteiger partial charge in [0.1, 0.15) is 0 Å². The van der Waals surface area contributed by atoms with Crippen LogP contribution in [0.2, 0.25) is 10.0 Å². The molecule has 1 heterocycles. The molecule has 16 heavy (non-hydrogen) atoms. The first-order chi connectivity index (χ1) is 7.75. The molecule has 4 heteroatoms. The monoisotopic (exact) mass is 258 g/mol. The largest absolute Gasteiger partial charge is 0.383 e. The fourth-order valence-electron chi connectivity index (χ4n) is 1.99. The molecule has 1 fully saturated rings. The molecule has 0 radical (unpaired) electrons. The van der Waals surface area contributed by atoms with E-state index in [1.54, 1.807) is 6.07 Å². The molecule has 0 aliphatic carbocycles. The number of anilines is 1. The van der Waals surface area contributed by atoms with Crippen molar-refractivity contribution in [3.63, 3.8) is 0 Å². The van der Waals surface area contributed by atoms with Crippen LogP contribution in [0.5, 0.6) is 0 Å². The summed E-state index contributed by atoms with van der Waals surface area (Å²) in [6.45, 7) is 4.48. The Morgan fingerprint density at radius 1 is 1.19 bits per heavy atom. The first-order valence-corrected chi connectivity index (χ1v) is 6.42. The highest BCUT2D eigenvalue weighted by Gasteiger charge is 2.10. The quantitative estimate of drug-likeness (QED) is 0.890. The Bertz CT molecular complexity index is 349. The molecule has 2 rings (SSSR count). The second-order valence-electron chi connectivity index (χ2n) is 4.10. The molecule has 1 N–H and O–H groups in total. The molecule has 0 aromatic heterocycles. The summed E-state index contributed by atoms with van der Waals surface area (Å²) >= 11 is 11.9. The van der Waals surface area contributed by atoms with Crippen LogP contribution < -0.4 is 5.32 Å². The molecule has 0 spiro atoms. The van der Waals surface area contributed by atoms with E-state index in [0.717, 1.165) is 18.8 Å². The van der Waals surface area contributed by atoms with E-state index in [9.17, 15) is 0 Å². The van der Waals surface area contributed by atoms with Gasteiger partial charge in [-0.1, -0.05) is 23.2 Å². The Kier molecular flexibility index (Phi) is 4.33. The van der Waals surface area contributed by atoms with Crippen molar-refractivity contribution in [3.8, 4) is 0 Å². The predicted molar refractivity (Wildman–Crippen MR) is 70.6 cm³/mol. The van der Waals surface area contributed by atoms with Gasteiger partial charge in [0, 0.05) is 18.1 Å². The second kappa shape index (κ2) is 5.76. The minimum Gasteiger partial charge on any atom is -0.383 e. The smallest absolute Gasteiger partial charge is 0.0652 e. The van der Waals surface area contributed by atoms with Gasteiger partial charge in [-0.15, -0.1) is 0 Å². The molecule has 1 aliphatic rings. The van der Waals surface area contributed by atoms with Gasteiger partial charge in [0.05, 0.1) is 10.7 Å². The minimum atomic E-state index is 0.676. The molecule has 1 aliphatic heterocycles. The lowest BCUT2D eigenvalue weighted by Gasteiger charge is -2.15. The first-order valence-electron chi connectivity index (χ1n) is 5.67. The molecule has 88 valence electrons. The van der Waals surface area contributed by atoms with Gasteiger partial charge >= 0.3 is 0 Å². The Hall–Kier alpha value is -0.440. The van der Waals surface area contributed by atoms with E-state index >= 15 is 0 Å². The molecule has 0 saturated carbocycles. The van der Waals surface area contributed by atoms with Crippen molar-refractivity contribution in [3.05, 3.63) is 28.2 Å². The fourth-order valence-corrected chi connectivity index (χ4v) is 2.46. The van der Waals surface area contributed by atoms with Crippen LogP contribution in [0.15, 0.2) is 18.2 Å². The van der Waals surface area contributed by atoms with E-state index in [4.69, 9.17) is 23.2 Å². The number of halogens is 2. The Morgan fingerprint density at radius 2 is 1.94 bits per heavy atom. The number of benzene rings is 1. The number of hydrogen-bond donors (Lipinski definition) is 1. The van der Waals surface area contributed by atoms with Crippen LogP contribution >= 0.6 is 23.2 Å². The lowest BCUT2D eigenvalue weighted by Crippen LogP contribution is -2.25. The molecule has 1 aromatic rings. The summed E-state index contributed by atoms with van der Waals surface area (Å²) < 4.78 is 0. The zero-order valence-corrected chi connectivity index (χ0v) is 10.7. The number of nitrogens with one attached hydrogen (secondary N) is 1. The summed E-state index contributed by atoms with van der Waals surface area (Å²) in [5, 5.41) is 4.70. The topological polar surface area (TPSA) is 15.3 Å². The lowest BCUT2D eigenvalue weighted by atomic mass is 10.3. The number of nitrogens with zero attached hydrogens (tertiary/aromatic N) is 1. The molecule has 0 bridgehead atoms. The average Bonchev–Trinajstić information content (AvgIpc) is 2.74. The lowest BCUT2D eigenvalue weighted by molar-refractivity contribution is 0.352. The van der Waals surface area contributed by atoms with Crippen molar-refractivity contribution < 1.29 is 0 Å². The van der Waals surface area contributed by atoms with Crippen molar-refractivity contribution in [1.82, 2.24) is 4.90 Å². The standard InChI is InChI=1S/C12H16Cl2N2/c13-10-3-4-12(11(14)9-10)15-5-8-16-6-1-2-7-16/h3-4,9,15H,1-2,5-8H2. The van der Waals surface area contributed by atoms with Gasteiger partial charge < -0.3 is 10.2 Å². The highest BCUT2D eigenvalue weighted by atomic mass is 35.5. The molecular weight excluding hydrogens is 243 g/mol. The average molecular weight is 259 g/mol. The molecule has 0 unspecified atom stereocenters. The third-order valence-electron chi connectivity index (χ3n) is 2.87. The van der Waals surface area contributed by atoms with Gasteiger partial charge in [0.15, 0.2) is 0 Å². The molecule has 2 nitrogen and oxygen atoms in total. The van der Waals surface area contributed by atoms with E-state index < -0.39 is 0 Å². The van der Waals surface area contributed by atoms with Gasteiger partial charge in [-0.05, 0) is 44.1 Å². The number of rotatable bonds is 4. The molecule has 1 saturated heterocycles. The fraction of sp³-hybridized carbons (Fsp3) is 0.500. The van der Waals surface area contributed by atoms with E-state index in [1.165, 1.54) is 25.9 Å². The van der Waals surface area contributed by atoms with Gasteiger partial charge in [-0.2, -0.15) is 0 Å². The van der Waals surface area contributed by atoms with Crippen LogP contribution in [-0.2, 0) is 0 Å². The van der Waals surface area contributed by atoms with E-state index in [0.29, 0.717) is 10.0 Å². The summed E-state index contributed by atoms with van der Waals surface area (Å²) in [5.74, 6) is 0. The Labute approximate surface area is 107 Å². The van der Waals surface area contributed by atoms with Gasteiger partial charge in [0.25, 0.3) is 0 Å². The number of hydrogen-bond acceptors (Lipinski definition) is 2. The predicted octanol–water partition coefficient (Wildman–Crippen LogP) is 3.50. The van der Waals surface area contributed by atoms with E-state index in [-0.39, 0.29) is 0 Å². The zero-order chi connectivity index (χ0) is 11.4. The van der Waals surface area contributed by atoms with Crippen LogP contribution in [-0.4, -0.2) is 31.1 Å². The van der Waals surface area contributed by atoms with E-state index in [2.05, 4.69) is 10.2 Å². The SMILES string of the molecule is Clc1ccc(NCCN2CCCC2)c(Cl)c1. The Balaban J connectivity index is 1.80. The van der Waals surface area contributed by atoms with Gasteiger partial charge in [-0.25, -0.2) is 0 Å². The van der Waals surface area contributed by atoms with Crippen LogP contribution in [0.4, 0.5) is 5.69 Å². The summed E-state index contributed by atoms with van der Waals surface area (Å²) in [4.78, 5) is 2.47. The van der Waals surface area contributed by atoms with Gasteiger partial charge in [0.2, 0.25) is 0 Å². The molecule has 1 aromatic carbocycles. The maximum absolute atomic E-state index is 6.06. The molecule has 0 atom stereocenters. The van der Waals surface area contributed by atoms with Crippen molar-refractivity contribution in [2.24, 2.45) is 0 Å². The second-order valence-corrected chi connectivity index (χ2v) is 4.94. The van der Waals surface area contributed by atoms with Crippen molar-refractivity contribution in [2.75, 3.05) is 31.5 Å². The maximum atomic E-state index is 6.06. The van der Waals surface area contributed by atoms with Crippen molar-refractivity contribution in [2.45, 2.75) is 12.8 Å². The summed E-state index contributed by atoms with van der Waals surface area (Å²) in [5.41, 5.74) is 0.963. The van der Waals surface area contributed by atoms with Crippen molar-refractivity contribution >= 4 is 28.9 Å². The third-order valence-corrected chi connectivity index (χ3v) is 3.42. The minimum absolute atomic E-state index is 0.676. The highest BCUT2D eigenvalue weighted by molar-refractivity contribution is 6.36. The number of likely N-dealkylation sites (tertiary alicyclic amines) is 1. The summed E-state index contributed by atoms with van der Waals surface area (Å²) in [7, 11) is 0. The van der Waals surface area contributed by atoms with Crippen molar-refractivity contribution in [1.29, 1.82) is 0 Å². The first kappa shape index (κ1) is 12.0. The zero-order valence-electron chi connectivity index (χ0n) is 9.18. The van der Waals surface area contributed by atoms with Gasteiger partial charge in [-0.3, -0.25) is 0 Å². The molecule has 0 amide bonds. The third kappa shape index (κ3) is 3.27. The summed E-state index contributed by atoms with van der Waals surface area (Å²) in [6, 6.07) is 5.54. The van der Waals surface area contributed by atoms with Crippen LogP contribution in [0, 0.1) is 0 Å². The summed E-state index contributed by atoms with van der Waals surface area (Å²) in [6.07, 6.45) is 2.67. The maximum Gasteiger partial charge on any atom is 0.0652 e. The highest BCUT2D eigenvalue weighted by Crippen LogP contribution is 2.25. The van der Waals surface area contributed by atoms with Crippen LogP contribution in [0.25, 0.3) is 0 Å². The van der Waals surface area contributed by atoms with E-state index in [1.807, 2.05) is 12.1 Å². The Morgan fingerprint density at radius 3 is 2.62 bits per heavy atom. The van der Waals surface area contributed by atoms with Crippen LogP contribution in [0.3, 0.4) is 0 Å². The molecular formula is C12H16Cl2N2. The van der Waals surface area contributed by atoms with Crippen LogP contribution in [0.1, 0.15) is 12.8 Å². The normalized spacial score (nSPS) is 16.6.